The fourth-order valence-electron chi connectivity index (χ4n) is 2.05. The minimum Gasteiger partial charge on any atom is -0.353 e. The summed E-state index contributed by atoms with van der Waals surface area (Å²) in [5, 5.41) is 3.29. The molecule has 0 aromatic carbocycles. The van der Waals surface area contributed by atoms with Gasteiger partial charge in [-0.2, -0.15) is 0 Å². The fourth-order valence-corrected chi connectivity index (χ4v) is 2.05. The van der Waals surface area contributed by atoms with E-state index < -0.39 is 0 Å². The van der Waals surface area contributed by atoms with Crippen LogP contribution in [0.2, 0.25) is 0 Å². The maximum atomic E-state index is 5.46. The van der Waals surface area contributed by atoms with Gasteiger partial charge in [0.25, 0.3) is 0 Å². The number of likely N-dealkylation sites (N-methyl/N-ethyl adjacent to an activating group) is 2. The predicted octanol–water partition coefficient (Wildman–Crippen LogP) is -1.20. The zero-order chi connectivity index (χ0) is 12.3. The molecule has 98 valence electrons. The zero-order valence-corrected chi connectivity index (χ0v) is 10.8. The Bertz CT molecular complexity index is 275. The second-order valence-corrected chi connectivity index (χ2v) is 5.15. The van der Waals surface area contributed by atoms with E-state index in [0.29, 0.717) is 12.1 Å². The van der Waals surface area contributed by atoms with E-state index in [9.17, 15) is 0 Å². The highest BCUT2D eigenvalue weighted by Gasteiger charge is 2.24. The minimum atomic E-state index is 0.484. The lowest BCUT2D eigenvalue weighted by Gasteiger charge is -2.36. The summed E-state index contributed by atoms with van der Waals surface area (Å²) in [6, 6.07) is 1.06. The van der Waals surface area contributed by atoms with Crippen LogP contribution in [-0.4, -0.2) is 68.1 Å². The van der Waals surface area contributed by atoms with Crippen molar-refractivity contribution < 1.29 is 0 Å². The van der Waals surface area contributed by atoms with Gasteiger partial charge in [0.2, 0.25) is 5.96 Å². The molecule has 2 aliphatic rings. The molecule has 0 radical (unpaired) electrons. The number of nitrogens with one attached hydrogen (secondary N) is 2. The number of hydrogen-bond donors (Lipinski definition) is 3. The Morgan fingerprint density at radius 2 is 2.12 bits per heavy atom. The average molecular weight is 240 g/mol. The predicted molar refractivity (Wildman–Crippen MR) is 69.7 cm³/mol. The number of hydrazine groups is 1. The smallest absolute Gasteiger partial charge is 0.206 e. The Balaban J connectivity index is 1.82. The van der Waals surface area contributed by atoms with Gasteiger partial charge < -0.3 is 10.2 Å². The van der Waals surface area contributed by atoms with E-state index in [1.54, 1.807) is 0 Å². The van der Waals surface area contributed by atoms with Crippen LogP contribution >= 0.6 is 0 Å². The molecule has 2 rings (SSSR count). The number of guanidine groups is 1. The Kier molecular flexibility index (Phi) is 4.20. The number of aliphatic imine (C=N–C) groups is 1. The molecule has 1 unspecified atom stereocenters. The van der Waals surface area contributed by atoms with Crippen LogP contribution in [0.4, 0.5) is 0 Å². The molecule has 1 saturated heterocycles. The summed E-state index contributed by atoms with van der Waals surface area (Å²) in [5.41, 5.74) is 2.65. The van der Waals surface area contributed by atoms with Gasteiger partial charge in [-0.1, -0.05) is 0 Å². The molecule has 0 aromatic rings. The lowest BCUT2D eigenvalue weighted by molar-refractivity contribution is 0.119. The molecule has 1 heterocycles. The van der Waals surface area contributed by atoms with Gasteiger partial charge in [0.15, 0.2) is 0 Å². The molecule has 6 nitrogen and oxygen atoms in total. The van der Waals surface area contributed by atoms with Gasteiger partial charge in [0, 0.05) is 31.7 Å². The molecular formula is C11H24N6. The maximum absolute atomic E-state index is 5.46. The van der Waals surface area contributed by atoms with E-state index in [1.807, 2.05) is 0 Å². The normalized spacial score (nSPS) is 28.2. The second kappa shape index (κ2) is 5.66. The summed E-state index contributed by atoms with van der Waals surface area (Å²) < 4.78 is 0. The monoisotopic (exact) mass is 240 g/mol. The zero-order valence-electron chi connectivity index (χ0n) is 10.8. The van der Waals surface area contributed by atoms with E-state index in [4.69, 9.17) is 5.84 Å². The quantitative estimate of drug-likeness (QED) is 0.250. The van der Waals surface area contributed by atoms with Gasteiger partial charge in [-0.05, 0) is 26.9 Å². The van der Waals surface area contributed by atoms with Crippen LogP contribution in [0.15, 0.2) is 4.99 Å². The van der Waals surface area contributed by atoms with Crippen molar-refractivity contribution in [3.63, 3.8) is 0 Å². The van der Waals surface area contributed by atoms with E-state index in [0.717, 1.165) is 32.1 Å². The highest BCUT2D eigenvalue weighted by molar-refractivity contribution is 5.79. The molecule has 1 saturated carbocycles. The van der Waals surface area contributed by atoms with Crippen LogP contribution in [-0.2, 0) is 0 Å². The van der Waals surface area contributed by atoms with Crippen molar-refractivity contribution in [2.24, 2.45) is 10.8 Å². The number of hydrogen-bond acceptors (Lipinski definition) is 4. The molecule has 1 atom stereocenters. The first kappa shape index (κ1) is 12.6. The third-order valence-electron chi connectivity index (χ3n) is 3.50. The van der Waals surface area contributed by atoms with Crippen LogP contribution in [0.1, 0.15) is 12.8 Å². The third-order valence-corrected chi connectivity index (χ3v) is 3.50. The molecule has 0 aromatic heterocycles. The lowest BCUT2D eigenvalue weighted by atomic mass is 10.2. The molecule has 0 bridgehead atoms. The van der Waals surface area contributed by atoms with Crippen LogP contribution in [0.5, 0.6) is 0 Å². The van der Waals surface area contributed by atoms with Crippen LogP contribution < -0.4 is 16.6 Å². The SMILES string of the molecule is CN1CCN(C)C(CN=C(NN)NC2CC2)C1. The summed E-state index contributed by atoms with van der Waals surface area (Å²) in [5.74, 6) is 6.19. The maximum Gasteiger partial charge on any atom is 0.206 e. The van der Waals surface area contributed by atoms with Gasteiger partial charge in [0.05, 0.1) is 6.54 Å². The first-order valence-corrected chi connectivity index (χ1v) is 6.35. The van der Waals surface area contributed by atoms with Gasteiger partial charge >= 0.3 is 0 Å². The Morgan fingerprint density at radius 1 is 1.35 bits per heavy atom. The molecular weight excluding hydrogens is 216 g/mol. The Hall–Kier alpha value is -0.850. The second-order valence-electron chi connectivity index (χ2n) is 5.15. The van der Waals surface area contributed by atoms with Crippen LogP contribution in [0.3, 0.4) is 0 Å². The summed E-state index contributed by atoms with van der Waals surface area (Å²) >= 11 is 0. The lowest BCUT2D eigenvalue weighted by Crippen LogP contribution is -2.52. The van der Waals surface area contributed by atoms with Crippen molar-refractivity contribution in [3.8, 4) is 0 Å². The van der Waals surface area contributed by atoms with Crippen molar-refractivity contribution >= 4 is 5.96 Å². The molecule has 0 spiro atoms. The van der Waals surface area contributed by atoms with Crippen molar-refractivity contribution in [2.75, 3.05) is 40.3 Å². The number of rotatable bonds is 3. The molecule has 0 amide bonds. The molecule has 1 aliphatic carbocycles. The Morgan fingerprint density at radius 3 is 2.76 bits per heavy atom. The van der Waals surface area contributed by atoms with Crippen molar-refractivity contribution in [1.29, 1.82) is 0 Å². The Labute approximate surface area is 103 Å². The highest BCUT2D eigenvalue weighted by Crippen LogP contribution is 2.18. The summed E-state index contributed by atoms with van der Waals surface area (Å²) in [6.45, 7) is 4.11. The molecule has 17 heavy (non-hydrogen) atoms. The van der Waals surface area contributed by atoms with E-state index in [2.05, 4.69) is 39.6 Å². The molecule has 6 heteroatoms. The number of nitrogens with zero attached hydrogens (tertiary/aromatic N) is 3. The van der Waals surface area contributed by atoms with Crippen molar-refractivity contribution in [3.05, 3.63) is 0 Å². The third kappa shape index (κ3) is 3.83. The molecule has 4 N–H and O–H groups in total. The molecule has 1 aliphatic heterocycles. The average Bonchev–Trinajstić information content (AvgIpc) is 3.12. The summed E-state index contributed by atoms with van der Waals surface area (Å²) in [6.07, 6.45) is 2.46. The summed E-state index contributed by atoms with van der Waals surface area (Å²) in [4.78, 5) is 9.25. The fraction of sp³-hybridized carbons (Fsp3) is 0.909. The standard InChI is InChI=1S/C11H24N6/c1-16-5-6-17(2)10(8-16)7-13-11(15-12)14-9-3-4-9/h9-10H,3-8,12H2,1-2H3,(H2,13,14,15). The van der Waals surface area contributed by atoms with Gasteiger partial charge in [0.1, 0.15) is 0 Å². The first-order chi connectivity index (χ1) is 8.19. The van der Waals surface area contributed by atoms with Crippen molar-refractivity contribution in [2.45, 2.75) is 24.9 Å². The first-order valence-electron chi connectivity index (χ1n) is 6.35. The number of piperazine rings is 1. The van der Waals surface area contributed by atoms with Gasteiger partial charge in [-0.15, -0.1) is 0 Å². The number of nitrogens with two attached hydrogens (primary N) is 1. The van der Waals surface area contributed by atoms with Crippen LogP contribution in [0, 0.1) is 0 Å². The van der Waals surface area contributed by atoms with Gasteiger partial charge in [-0.3, -0.25) is 15.3 Å². The topological polar surface area (TPSA) is 68.9 Å². The van der Waals surface area contributed by atoms with Crippen LogP contribution in [0.25, 0.3) is 0 Å². The van der Waals surface area contributed by atoms with Crippen molar-refractivity contribution in [1.82, 2.24) is 20.5 Å². The largest absolute Gasteiger partial charge is 0.353 e. The minimum absolute atomic E-state index is 0.484. The highest BCUT2D eigenvalue weighted by atomic mass is 15.3. The van der Waals surface area contributed by atoms with E-state index in [1.165, 1.54) is 12.8 Å². The van der Waals surface area contributed by atoms with E-state index in [-0.39, 0.29) is 0 Å². The molecule has 2 fully saturated rings. The summed E-state index contributed by atoms with van der Waals surface area (Å²) in [7, 11) is 4.32. The van der Waals surface area contributed by atoms with E-state index >= 15 is 0 Å². The van der Waals surface area contributed by atoms with Gasteiger partial charge in [-0.25, -0.2) is 5.84 Å².